The molecule has 0 radical (unpaired) electrons. The van der Waals surface area contributed by atoms with Crippen LogP contribution in [0.3, 0.4) is 0 Å². The molecule has 0 atom stereocenters. The molecule has 0 spiro atoms. The number of fused-ring (bicyclic) bond motifs is 1. The van der Waals surface area contributed by atoms with Crippen LogP contribution in [-0.4, -0.2) is 13.0 Å². The van der Waals surface area contributed by atoms with Gasteiger partial charge in [-0.2, -0.15) is 0 Å². The van der Waals surface area contributed by atoms with Gasteiger partial charge >= 0.3 is 0 Å². The van der Waals surface area contributed by atoms with Crippen LogP contribution in [0, 0.1) is 0 Å². The summed E-state index contributed by atoms with van der Waals surface area (Å²) in [5.41, 5.74) is 3.64. The molecule has 0 saturated carbocycles. The zero-order valence-electron chi connectivity index (χ0n) is 13.6. The topological polar surface area (TPSA) is 51.1 Å². The van der Waals surface area contributed by atoms with Crippen LogP contribution >= 0.6 is 0 Å². The van der Waals surface area contributed by atoms with Crippen LogP contribution in [0.4, 0.5) is 5.69 Å². The highest BCUT2D eigenvalue weighted by Crippen LogP contribution is 2.28. The third-order valence-corrected chi connectivity index (χ3v) is 5.88. The predicted octanol–water partition coefficient (Wildman–Crippen LogP) is 4.21. The zero-order chi connectivity index (χ0) is 17.3. The fraction of sp³-hybridized carbons (Fsp3) is 0.100. The normalized spacial score (nSPS) is 13.8. The van der Waals surface area contributed by atoms with Crippen molar-refractivity contribution in [2.75, 3.05) is 4.72 Å². The van der Waals surface area contributed by atoms with Crippen molar-refractivity contribution in [3.05, 3.63) is 89.1 Å². The molecule has 0 aliphatic heterocycles. The molecule has 25 heavy (non-hydrogen) atoms. The highest BCUT2D eigenvalue weighted by molar-refractivity contribution is 7.96. The Kier molecular flexibility index (Phi) is 3.93. The van der Waals surface area contributed by atoms with E-state index in [1.54, 1.807) is 12.1 Å². The molecular weight excluding hydrogens is 332 g/mol. The number of anilines is 1. The maximum absolute atomic E-state index is 12.8. The summed E-state index contributed by atoms with van der Waals surface area (Å²) in [7, 11) is -3.56. The summed E-state index contributed by atoms with van der Waals surface area (Å²) < 4.78 is 30.2. The number of allylic oxidation sites excluding steroid dienone is 1. The number of aryl methyl sites for hydroxylation is 1. The molecule has 5 heteroatoms. The predicted molar refractivity (Wildman–Crippen MR) is 101 cm³/mol. The molecule has 4 nitrogen and oxygen atoms in total. The van der Waals surface area contributed by atoms with E-state index in [0.29, 0.717) is 17.0 Å². The summed E-state index contributed by atoms with van der Waals surface area (Å²) in [5.74, 6) is 0. The molecule has 4 rings (SSSR count). The van der Waals surface area contributed by atoms with E-state index in [2.05, 4.69) is 4.72 Å². The highest BCUT2D eigenvalue weighted by atomic mass is 32.2. The average molecular weight is 350 g/mol. The van der Waals surface area contributed by atoms with Crippen LogP contribution in [0.15, 0.2) is 78.0 Å². The minimum absolute atomic E-state index is 0.428. The first-order valence-electron chi connectivity index (χ1n) is 8.16. The Labute approximate surface area is 147 Å². The summed E-state index contributed by atoms with van der Waals surface area (Å²) in [6.45, 7) is 0. The Morgan fingerprint density at radius 2 is 1.68 bits per heavy atom. The van der Waals surface area contributed by atoms with Crippen molar-refractivity contribution in [1.29, 1.82) is 0 Å². The summed E-state index contributed by atoms with van der Waals surface area (Å²) in [4.78, 5) is 0.428. The van der Waals surface area contributed by atoms with E-state index >= 15 is 0 Å². The van der Waals surface area contributed by atoms with Crippen molar-refractivity contribution >= 4 is 21.8 Å². The first-order valence-corrected chi connectivity index (χ1v) is 9.65. The van der Waals surface area contributed by atoms with E-state index in [9.17, 15) is 8.42 Å². The number of hydrogen-bond donors (Lipinski definition) is 1. The molecule has 0 saturated heterocycles. The second kappa shape index (κ2) is 6.26. The number of rotatable bonds is 4. The molecule has 1 aliphatic carbocycles. The fourth-order valence-electron chi connectivity index (χ4n) is 3.08. The molecular formula is C20H18N2O2S. The van der Waals surface area contributed by atoms with Crippen LogP contribution in [0.1, 0.15) is 17.5 Å². The fourth-order valence-corrected chi connectivity index (χ4v) is 4.30. The molecule has 2 aromatic carbocycles. The van der Waals surface area contributed by atoms with Gasteiger partial charge in [-0.15, -0.1) is 0 Å². The Hall–Kier alpha value is -2.79. The molecule has 0 unspecified atom stereocenters. The van der Waals surface area contributed by atoms with Gasteiger partial charge in [0.15, 0.2) is 0 Å². The third kappa shape index (κ3) is 3.23. The zero-order valence-corrected chi connectivity index (χ0v) is 14.4. The average Bonchev–Trinajstić information content (AvgIpc) is 3.16. The van der Waals surface area contributed by atoms with Gasteiger partial charge in [0.25, 0.3) is 10.0 Å². The van der Waals surface area contributed by atoms with Crippen molar-refractivity contribution in [3.63, 3.8) is 0 Å². The van der Waals surface area contributed by atoms with Crippen LogP contribution in [0.5, 0.6) is 0 Å². The van der Waals surface area contributed by atoms with E-state index in [1.165, 1.54) is 5.56 Å². The molecule has 1 aromatic heterocycles. The summed E-state index contributed by atoms with van der Waals surface area (Å²) in [5, 5.41) is 0. The van der Waals surface area contributed by atoms with Crippen molar-refractivity contribution in [2.24, 2.45) is 0 Å². The highest BCUT2D eigenvalue weighted by Gasteiger charge is 2.21. The number of nitrogens with zero attached hydrogens (tertiary/aromatic N) is 1. The Morgan fingerprint density at radius 1 is 0.880 bits per heavy atom. The third-order valence-electron chi connectivity index (χ3n) is 4.36. The Morgan fingerprint density at radius 3 is 2.52 bits per heavy atom. The second-order valence-corrected chi connectivity index (χ2v) is 7.79. The van der Waals surface area contributed by atoms with Gasteiger partial charge in [-0.1, -0.05) is 30.3 Å². The van der Waals surface area contributed by atoms with Crippen LogP contribution in [0.25, 0.3) is 11.8 Å². The molecule has 0 fully saturated rings. The summed E-state index contributed by atoms with van der Waals surface area (Å²) in [6, 6.07) is 19.2. The first kappa shape index (κ1) is 15.7. The molecule has 1 heterocycles. The minimum Gasteiger partial charge on any atom is -0.324 e. The van der Waals surface area contributed by atoms with Crippen molar-refractivity contribution in [2.45, 2.75) is 12.8 Å². The molecule has 1 aliphatic rings. The molecule has 0 bridgehead atoms. The second-order valence-electron chi connectivity index (χ2n) is 6.06. The first-order chi connectivity index (χ1) is 12.1. The smallest absolute Gasteiger partial charge is 0.258 e. The van der Waals surface area contributed by atoms with Gasteiger partial charge in [-0.05, 0) is 60.4 Å². The SMILES string of the molecule is O=S(=O)(Nc1cccc(-n2cccc2)c1)C1=Cc2ccccc2CC1. The molecule has 126 valence electrons. The van der Waals surface area contributed by atoms with E-state index < -0.39 is 10.0 Å². The number of aromatic nitrogens is 1. The van der Waals surface area contributed by atoms with E-state index in [1.807, 2.05) is 71.6 Å². The van der Waals surface area contributed by atoms with Gasteiger partial charge in [-0.3, -0.25) is 4.72 Å². The lowest BCUT2D eigenvalue weighted by atomic mass is 9.98. The largest absolute Gasteiger partial charge is 0.324 e. The molecule has 3 aromatic rings. The number of nitrogens with one attached hydrogen (secondary N) is 1. The maximum Gasteiger partial charge on any atom is 0.258 e. The molecule has 0 amide bonds. The van der Waals surface area contributed by atoms with Crippen molar-refractivity contribution in [3.8, 4) is 5.69 Å². The number of benzene rings is 2. The number of hydrogen-bond acceptors (Lipinski definition) is 2. The van der Waals surface area contributed by atoms with Gasteiger partial charge < -0.3 is 4.57 Å². The van der Waals surface area contributed by atoms with Gasteiger partial charge in [0, 0.05) is 18.1 Å². The van der Waals surface area contributed by atoms with Crippen molar-refractivity contribution in [1.82, 2.24) is 4.57 Å². The van der Waals surface area contributed by atoms with Gasteiger partial charge in [0.2, 0.25) is 0 Å². The summed E-state index contributed by atoms with van der Waals surface area (Å²) in [6.07, 6.45) is 6.88. The van der Waals surface area contributed by atoms with Crippen LogP contribution in [-0.2, 0) is 16.4 Å². The Bertz CT molecular complexity index is 1040. The van der Waals surface area contributed by atoms with E-state index in [4.69, 9.17) is 0 Å². The maximum atomic E-state index is 12.8. The lowest BCUT2D eigenvalue weighted by Gasteiger charge is -2.17. The monoisotopic (exact) mass is 350 g/mol. The lowest BCUT2D eigenvalue weighted by Crippen LogP contribution is -2.17. The lowest BCUT2D eigenvalue weighted by molar-refractivity contribution is 0.605. The minimum atomic E-state index is -3.56. The Balaban J connectivity index is 1.63. The van der Waals surface area contributed by atoms with E-state index in [-0.39, 0.29) is 0 Å². The number of sulfonamides is 1. The van der Waals surface area contributed by atoms with Gasteiger partial charge in [0.05, 0.1) is 10.6 Å². The van der Waals surface area contributed by atoms with Crippen LogP contribution < -0.4 is 4.72 Å². The molecule has 1 N–H and O–H groups in total. The van der Waals surface area contributed by atoms with Gasteiger partial charge in [-0.25, -0.2) is 8.42 Å². The van der Waals surface area contributed by atoms with E-state index in [0.717, 1.165) is 17.7 Å². The standard InChI is InChI=1S/C20H18N2O2S/c23-25(24,20-11-10-16-6-1-2-7-17(16)14-20)21-18-8-5-9-19(15-18)22-12-3-4-13-22/h1-9,12-15,21H,10-11H2. The van der Waals surface area contributed by atoms with Crippen molar-refractivity contribution < 1.29 is 8.42 Å². The van der Waals surface area contributed by atoms with Crippen LogP contribution in [0.2, 0.25) is 0 Å². The summed E-state index contributed by atoms with van der Waals surface area (Å²) >= 11 is 0. The van der Waals surface area contributed by atoms with Gasteiger partial charge in [0.1, 0.15) is 0 Å². The quantitative estimate of drug-likeness (QED) is 0.766.